The summed E-state index contributed by atoms with van der Waals surface area (Å²) in [6.45, 7) is -0.749. The molecule has 0 saturated heterocycles. The van der Waals surface area contributed by atoms with Gasteiger partial charge in [0.15, 0.2) is 6.79 Å². The van der Waals surface area contributed by atoms with E-state index in [4.69, 9.17) is 4.89 Å². The van der Waals surface area contributed by atoms with E-state index in [2.05, 4.69) is 22.6 Å². The van der Waals surface area contributed by atoms with Gasteiger partial charge in [-0.15, -0.1) is 0 Å². The highest BCUT2D eigenvalue weighted by molar-refractivity contribution is 7.48. The molecule has 0 amide bonds. The summed E-state index contributed by atoms with van der Waals surface area (Å²) in [6.07, 6.45) is 0. The molecular weight excluding hydrogens is 238 g/mol. The fourth-order valence-electron chi connectivity index (χ4n) is 0.387. The third kappa shape index (κ3) is 5.19. The first-order valence-corrected chi connectivity index (χ1v) is 6.24. The SMILES string of the molecule is COP(=O)(O)OCOP(=O)(OC)OC. The van der Waals surface area contributed by atoms with Gasteiger partial charge in [-0.3, -0.25) is 22.6 Å². The smallest absolute Gasteiger partial charge is 0.302 e. The first kappa shape index (κ1) is 14.2. The Labute approximate surface area is 81.3 Å². The summed E-state index contributed by atoms with van der Waals surface area (Å²) >= 11 is 0. The van der Waals surface area contributed by atoms with Crippen molar-refractivity contribution in [3.8, 4) is 0 Å². The zero-order valence-electron chi connectivity index (χ0n) is 7.91. The fraction of sp³-hybridized carbons (Fsp3) is 1.00. The van der Waals surface area contributed by atoms with Crippen LogP contribution in [0.15, 0.2) is 0 Å². The average molecular weight is 250 g/mol. The molecule has 0 aromatic heterocycles. The first-order chi connectivity index (χ1) is 6.39. The number of hydrogen-bond acceptors (Lipinski definition) is 7. The second-order valence-electron chi connectivity index (χ2n) is 1.84. The number of phosphoric ester groups is 2. The minimum Gasteiger partial charge on any atom is -0.302 e. The van der Waals surface area contributed by atoms with Crippen LogP contribution in [0, 0.1) is 0 Å². The molecule has 0 aliphatic heterocycles. The van der Waals surface area contributed by atoms with Crippen molar-refractivity contribution in [2.45, 2.75) is 0 Å². The lowest BCUT2D eigenvalue weighted by atomic mass is 11.6. The Hall–Kier alpha value is 0.220. The molecule has 1 unspecified atom stereocenters. The van der Waals surface area contributed by atoms with Crippen molar-refractivity contribution >= 4 is 15.6 Å². The Bertz CT molecular complexity index is 244. The second kappa shape index (κ2) is 5.95. The standard InChI is InChI=1S/C4H12O8P2/c1-8-13(5,6)11-4-12-14(7,9-2)10-3/h4H2,1-3H3,(H,5,6). The largest absolute Gasteiger partial charge is 0.476 e. The zero-order valence-corrected chi connectivity index (χ0v) is 9.70. The molecule has 86 valence electrons. The predicted molar refractivity (Wildman–Crippen MR) is 45.5 cm³/mol. The van der Waals surface area contributed by atoms with Crippen LogP contribution in [0.5, 0.6) is 0 Å². The van der Waals surface area contributed by atoms with Gasteiger partial charge in [-0.05, 0) is 0 Å². The summed E-state index contributed by atoms with van der Waals surface area (Å²) in [5.41, 5.74) is 0. The van der Waals surface area contributed by atoms with Gasteiger partial charge in [0.1, 0.15) is 0 Å². The molecule has 0 bridgehead atoms. The Morgan fingerprint density at radius 1 is 1.00 bits per heavy atom. The molecule has 0 fully saturated rings. The molecule has 0 rings (SSSR count). The van der Waals surface area contributed by atoms with Crippen LogP contribution in [-0.2, 0) is 31.7 Å². The van der Waals surface area contributed by atoms with Gasteiger partial charge in [-0.2, -0.15) is 0 Å². The van der Waals surface area contributed by atoms with Crippen molar-refractivity contribution < 1.29 is 36.6 Å². The lowest BCUT2D eigenvalue weighted by molar-refractivity contribution is 0.0422. The third-order valence-corrected chi connectivity index (χ3v) is 3.31. The van der Waals surface area contributed by atoms with E-state index in [-0.39, 0.29) is 0 Å². The highest BCUT2D eigenvalue weighted by Gasteiger charge is 2.26. The molecular formula is C4H12O8P2. The highest BCUT2D eigenvalue weighted by Crippen LogP contribution is 2.49. The average Bonchev–Trinajstić information content (AvgIpc) is 2.17. The molecule has 0 radical (unpaired) electrons. The summed E-state index contributed by atoms with van der Waals surface area (Å²) in [5, 5.41) is 0. The summed E-state index contributed by atoms with van der Waals surface area (Å²) in [6, 6.07) is 0. The second-order valence-corrected chi connectivity index (χ2v) is 5.28. The van der Waals surface area contributed by atoms with Crippen molar-refractivity contribution in [2.24, 2.45) is 0 Å². The molecule has 0 aliphatic rings. The van der Waals surface area contributed by atoms with Crippen LogP contribution in [0.25, 0.3) is 0 Å². The molecule has 10 heteroatoms. The Balaban J connectivity index is 3.96. The van der Waals surface area contributed by atoms with E-state index >= 15 is 0 Å². The van der Waals surface area contributed by atoms with Gasteiger partial charge in [-0.1, -0.05) is 0 Å². The molecule has 0 spiro atoms. The Kier molecular flexibility index (Phi) is 6.04. The predicted octanol–water partition coefficient (Wildman–Crippen LogP) is 1.12. The van der Waals surface area contributed by atoms with E-state index in [0.29, 0.717) is 0 Å². The third-order valence-electron chi connectivity index (χ3n) is 1.10. The van der Waals surface area contributed by atoms with E-state index < -0.39 is 22.4 Å². The molecule has 14 heavy (non-hydrogen) atoms. The molecule has 0 aromatic carbocycles. The lowest BCUT2D eigenvalue weighted by Gasteiger charge is -2.14. The van der Waals surface area contributed by atoms with Gasteiger partial charge in [0.05, 0.1) is 0 Å². The maximum atomic E-state index is 11.2. The normalized spacial score (nSPS) is 16.6. The number of rotatable bonds is 7. The summed E-state index contributed by atoms with van der Waals surface area (Å²) in [7, 11) is -4.66. The van der Waals surface area contributed by atoms with Crippen molar-refractivity contribution in [2.75, 3.05) is 28.1 Å². The molecule has 0 heterocycles. The molecule has 0 aliphatic carbocycles. The van der Waals surface area contributed by atoms with Crippen LogP contribution in [0.1, 0.15) is 0 Å². The van der Waals surface area contributed by atoms with Crippen LogP contribution in [-0.4, -0.2) is 33.0 Å². The fourth-order valence-corrected chi connectivity index (χ4v) is 1.30. The van der Waals surface area contributed by atoms with Crippen LogP contribution < -0.4 is 0 Å². The van der Waals surface area contributed by atoms with Crippen molar-refractivity contribution in [1.29, 1.82) is 0 Å². The number of phosphoric acid groups is 2. The molecule has 0 saturated carbocycles. The Morgan fingerprint density at radius 2 is 1.50 bits per heavy atom. The van der Waals surface area contributed by atoms with Gasteiger partial charge < -0.3 is 4.89 Å². The van der Waals surface area contributed by atoms with Gasteiger partial charge in [0.2, 0.25) is 0 Å². The van der Waals surface area contributed by atoms with E-state index in [9.17, 15) is 9.13 Å². The summed E-state index contributed by atoms with van der Waals surface area (Å²) in [4.78, 5) is 8.73. The molecule has 0 aromatic rings. The zero-order chi connectivity index (χ0) is 11.2. The first-order valence-electron chi connectivity index (χ1n) is 3.28. The molecule has 1 N–H and O–H groups in total. The maximum Gasteiger partial charge on any atom is 0.476 e. The quantitative estimate of drug-likeness (QED) is 0.529. The van der Waals surface area contributed by atoms with Gasteiger partial charge in [0.25, 0.3) is 0 Å². The minimum atomic E-state index is -4.14. The topological polar surface area (TPSA) is 101 Å². The molecule has 8 nitrogen and oxygen atoms in total. The highest BCUT2D eigenvalue weighted by atomic mass is 31.2. The van der Waals surface area contributed by atoms with E-state index in [1.807, 2.05) is 0 Å². The van der Waals surface area contributed by atoms with E-state index in [1.54, 1.807) is 0 Å². The van der Waals surface area contributed by atoms with Crippen molar-refractivity contribution in [3.05, 3.63) is 0 Å². The van der Waals surface area contributed by atoms with Gasteiger partial charge in [0, 0.05) is 21.3 Å². The van der Waals surface area contributed by atoms with Gasteiger partial charge in [-0.25, -0.2) is 9.13 Å². The maximum absolute atomic E-state index is 11.2. The number of hydrogen-bond donors (Lipinski definition) is 1. The van der Waals surface area contributed by atoms with Crippen LogP contribution in [0.2, 0.25) is 0 Å². The Morgan fingerprint density at radius 3 is 1.86 bits per heavy atom. The lowest BCUT2D eigenvalue weighted by Crippen LogP contribution is -2.00. The van der Waals surface area contributed by atoms with Crippen molar-refractivity contribution in [3.63, 3.8) is 0 Å². The van der Waals surface area contributed by atoms with Gasteiger partial charge >= 0.3 is 15.6 Å². The monoisotopic (exact) mass is 250 g/mol. The van der Waals surface area contributed by atoms with Crippen LogP contribution in [0.4, 0.5) is 0 Å². The summed E-state index contributed by atoms with van der Waals surface area (Å²) < 4.78 is 43.3. The van der Waals surface area contributed by atoms with Crippen molar-refractivity contribution in [1.82, 2.24) is 0 Å². The van der Waals surface area contributed by atoms with Crippen LogP contribution >= 0.6 is 15.6 Å². The summed E-state index contributed by atoms with van der Waals surface area (Å²) in [5.74, 6) is 0. The minimum absolute atomic E-state index is 0.749. The van der Waals surface area contributed by atoms with E-state index in [1.165, 1.54) is 0 Å². The van der Waals surface area contributed by atoms with E-state index in [0.717, 1.165) is 21.3 Å². The van der Waals surface area contributed by atoms with Crippen LogP contribution in [0.3, 0.4) is 0 Å². The molecule has 1 atom stereocenters.